The molecule has 0 radical (unpaired) electrons. The van der Waals surface area contributed by atoms with Gasteiger partial charge in [-0.25, -0.2) is 0 Å². The average molecular weight is 345 g/mol. The molecule has 0 heterocycles. The van der Waals surface area contributed by atoms with Gasteiger partial charge in [0, 0.05) is 13.0 Å². The van der Waals surface area contributed by atoms with E-state index in [1.807, 2.05) is 0 Å². The minimum absolute atomic E-state index is 0.102. The van der Waals surface area contributed by atoms with Gasteiger partial charge in [-0.05, 0) is 12.8 Å². The van der Waals surface area contributed by atoms with Gasteiger partial charge in [-0.1, -0.05) is 71.6 Å². The Morgan fingerprint density at radius 1 is 0.583 bits per heavy atom. The predicted molar refractivity (Wildman–Crippen MR) is 99.3 cm³/mol. The van der Waals surface area contributed by atoms with E-state index in [-0.39, 0.29) is 5.97 Å². The smallest absolute Gasteiger partial charge is 0.305 e. The second-order valence-corrected chi connectivity index (χ2v) is 6.38. The second kappa shape index (κ2) is 20.4. The number of carbonyl (C=O) groups excluding carboxylic acids is 1. The minimum Gasteiger partial charge on any atom is -0.463 e. The third-order valence-electron chi connectivity index (χ3n) is 3.99. The van der Waals surface area contributed by atoms with Gasteiger partial charge >= 0.3 is 5.97 Å². The van der Waals surface area contributed by atoms with Crippen molar-refractivity contribution in [1.82, 2.24) is 0 Å². The zero-order valence-corrected chi connectivity index (χ0v) is 16.2. The number of esters is 1. The molecule has 0 saturated heterocycles. The van der Waals surface area contributed by atoms with Crippen LogP contribution >= 0.6 is 0 Å². The molecule has 0 aromatic carbocycles. The van der Waals surface area contributed by atoms with Gasteiger partial charge in [0.2, 0.25) is 0 Å². The number of rotatable bonds is 19. The van der Waals surface area contributed by atoms with Crippen molar-refractivity contribution in [3.63, 3.8) is 0 Å². The van der Waals surface area contributed by atoms with Crippen molar-refractivity contribution in [2.24, 2.45) is 0 Å². The molecule has 0 bridgehead atoms. The van der Waals surface area contributed by atoms with E-state index in [2.05, 4.69) is 13.8 Å². The van der Waals surface area contributed by atoms with Crippen LogP contribution in [0.15, 0.2) is 0 Å². The fourth-order valence-corrected chi connectivity index (χ4v) is 2.47. The fraction of sp³-hybridized carbons (Fsp3) is 0.950. The fourth-order valence-electron chi connectivity index (χ4n) is 2.47. The normalized spacial score (nSPS) is 10.9. The maximum atomic E-state index is 11.5. The predicted octanol–water partition coefficient (Wildman–Crippen LogP) is 5.28. The Labute approximate surface area is 149 Å². The Hall–Kier alpha value is -0.610. The van der Waals surface area contributed by atoms with Crippen molar-refractivity contribution in [2.75, 3.05) is 33.0 Å². The highest BCUT2D eigenvalue weighted by molar-refractivity contribution is 5.69. The molecule has 0 saturated carbocycles. The number of hydrogen-bond donors (Lipinski definition) is 0. The Balaban J connectivity index is 3.10. The Kier molecular flexibility index (Phi) is 19.9. The molecule has 0 spiro atoms. The van der Waals surface area contributed by atoms with Gasteiger partial charge in [0.05, 0.1) is 19.8 Å². The zero-order chi connectivity index (χ0) is 17.7. The van der Waals surface area contributed by atoms with Gasteiger partial charge < -0.3 is 14.2 Å². The molecule has 0 aliphatic carbocycles. The largest absolute Gasteiger partial charge is 0.463 e. The molecule has 0 aliphatic heterocycles. The van der Waals surface area contributed by atoms with Crippen LogP contribution in [0.3, 0.4) is 0 Å². The van der Waals surface area contributed by atoms with Gasteiger partial charge in [-0.3, -0.25) is 4.79 Å². The highest BCUT2D eigenvalue weighted by atomic mass is 16.6. The molecule has 0 fully saturated rings. The number of ether oxygens (including phenoxy) is 3. The monoisotopic (exact) mass is 344 g/mol. The van der Waals surface area contributed by atoms with Gasteiger partial charge in [0.15, 0.2) is 0 Å². The van der Waals surface area contributed by atoms with Crippen LogP contribution in [0.25, 0.3) is 0 Å². The summed E-state index contributed by atoms with van der Waals surface area (Å²) in [4.78, 5) is 11.5. The molecule has 4 nitrogen and oxygen atoms in total. The number of carbonyl (C=O) groups is 1. The first-order valence-electron chi connectivity index (χ1n) is 10.1. The van der Waals surface area contributed by atoms with Crippen molar-refractivity contribution in [3.8, 4) is 0 Å². The Morgan fingerprint density at radius 2 is 1.08 bits per heavy atom. The van der Waals surface area contributed by atoms with Crippen LogP contribution in [0.1, 0.15) is 90.9 Å². The zero-order valence-electron chi connectivity index (χ0n) is 16.2. The molecule has 0 rings (SSSR count). The molecule has 0 unspecified atom stereocenters. The van der Waals surface area contributed by atoms with Crippen molar-refractivity contribution in [3.05, 3.63) is 0 Å². The summed E-state index contributed by atoms with van der Waals surface area (Å²) in [6, 6.07) is 0. The van der Waals surface area contributed by atoms with Crippen LogP contribution in [0.2, 0.25) is 0 Å². The van der Waals surface area contributed by atoms with E-state index in [0.29, 0.717) is 32.8 Å². The first-order chi connectivity index (χ1) is 11.8. The lowest BCUT2D eigenvalue weighted by Gasteiger charge is -2.07. The lowest BCUT2D eigenvalue weighted by molar-refractivity contribution is -0.145. The van der Waals surface area contributed by atoms with Crippen LogP contribution in [0, 0.1) is 0 Å². The number of unbranched alkanes of at least 4 members (excludes halogenated alkanes) is 9. The SMILES string of the molecule is CCCCCCCCOCCOCCOC(=O)CCCCCCC. The molecule has 0 aliphatic rings. The van der Waals surface area contributed by atoms with E-state index in [1.54, 1.807) is 0 Å². The minimum atomic E-state index is -0.102. The molecule has 24 heavy (non-hydrogen) atoms. The van der Waals surface area contributed by atoms with Crippen molar-refractivity contribution in [1.29, 1.82) is 0 Å². The van der Waals surface area contributed by atoms with Gasteiger partial charge in [0.1, 0.15) is 6.61 Å². The van der Waals surface area contributed by atoms with Gasteiger partial charge in [-0.2, -0.15) is 0 Å². The molecule has 0 aromatic rings. The van der Waals surface area contributed by atoms with E-state index >= 15 is 0 Å². The molecular weight excluding hydrogens is 304 g/mol. The maximum Gasteiger partial charge on any atom is 0.305 e. The summed E-state index contributed by atoms with van der Waals surface area (Å²) in [5, 5.41) is 0. The first-order valence-corrected chi connectivity index (χ1v) is 10.1. The molecule has 144 valence electrons. The summed E-state index contributed by atoms with van der Waals surface area (Å²) in [6.45, 7) is 7.26. The third kappa shape index (κ3) is 19.4. The van der Waals surface area contributed by atoms with Crippen LogP contribution in [-0.4, -0.2) is 39.0 Å². The first kappa shape index (κ1) is 23.4. The van der Waals surface area contributed by atoms with Crippen LogP contribution in [0.4, 0.5) is 0 Å². The summed E-state index contributed by atoms with van der Waals surface area (Å²) < 4.78 is 16.1. The Bertz CT molecular complexity index is 256. The highest BCUT2D eigenvalue weighted by Crippen LogP contribution is 2.06. The molecule has 0 atom stereocenters. The molecule has 0 N–H and O–H groups in total. The van der Waals surface area contributed by atoms with E-state index in [4.69, 9.17) is 14.2 Å². The van der Waals surface area contributed by atoms with E-state index < -0.39 is 0 Å². The van der Waals surface area contributed by atoms with E-state index in [0.717, 1.165) is 25.9 Å². The van der Waals surface area contributed by atoms with Gasteiger partial charge in [-0.15, -0.1) is 0 Å². The van der Waals surface area contributed by atoms with E-state index in [1.165, 1.54) is 51.4 Å². The summed E-state index contributed by atoms with van der Waals surface area (Å²) in [5.41, 5.74) is 0. The molecule has 0 amide bonds. The molecule has 0 aromatic heterocycles. The van der Waals surface area contributed by atoms with E-state index in [9.17, 15) is 4.79 Å². The topological polar surface area (TPSA) is 44.8 Å². The van der Waals surface area contributed by atoms with Crippen molar-refractivity contribution < 1.29 is 19.0 Å². The van der Waals surface area contributed by atoms with Crippen LogP contribution < -0.4 is 0 Å². The Morgan fingerprint density at radius 3 is 1.75 bits per heavy atom. The quantitative estimate of drug-likeness (QED) is 0.236. The van der Waals surface area contributed by atoms with Crippen LogP contribution in [-0.2, 0) is 19.0 Å². The molecule has 4 heteroatoms. The lowest BCUT2D eigenvalue weighted by atomic mass is 10.1. The van der Waals surface area contributed by atoms with Gasteiger partial charge in [0.25, 0.3) is 0 Å². The lowest BCUT2D eigenvalue weighted by Crippen LogP contribution is -2.13. The molecular formula is C20H40O4. The summed E-state index contributed by atoms with van der Waals surface area (Å²) in [6.07, 6.45) is 14.0. The highest BCUT2D eigenvalue weighted by Gasteiger charge is 2.02. The van der Waals surface area contributed by atoms with Crippen molar-refractivity contribution in [2.45, 2.75) is 90.9 Å². The summed E-state index contributed by atoms with van der Waals surface area (Å²) in [5.74, 6) is -0.102. The maximum absolute atomic E-state index is 11.5. The van der Waals surface area contributed by atoms with Crippen LogP contribution in [0.5, 0.6) is 0 Å². The summed E-state index contributed by atoms with van der Waals surface area (Å²) >= 11 is 0. The second-order valence-electron chi connectivity index (χ2n) is 6.38. The standard InChI is InChI=1S/C20H40O4/c1-3-5-7-9-11-13-15-22-16-17-23-18-19-24-20(21)14-12-10-8-6-4-2/h3-19H2,1-2H3. The third-order valence-corrected chi connectivity index (χ3v) is 3.99. The number of hydrogen-bond acceptors (Lipinski definition) is 4. The average Bonchev–Trinajstić information content (AvgIpc) is 2.59. The summed E-state index contributed by atoms with van der Waals surface area (Å²) in [7, 11) is 0. The van der Waals surface area contributed by atoms with Crippen molar-refractivity contribution >= 4 is 5.97 Å².